The molecule has 1 aromatic heterocycles. The van der Waals surface area contributed by atoms with Crippen LogP contribution < -0.4 is 0 Å². The van der Waals surface area contributed by atoms with Gasteiger partial charge >= 0.3 is 0 Å². The van der Waals surface area contributed by atoms with Gasteiger partial charge in [0.2, 0.25) is 5.28 Å². The lowest BCUT2D eigenvalue weighted by Gasteiger charge is -2.14. The molecule has 0 saturated carbocycles. The standard InChI is InChI=1S/C7H12ClN3O/c1-3-6(4-12-2)11-5-9-10-7(11)8/h5-6H,3-4H2,1-2H3. The molecule has 0 aliphatic rings. The lowest BCUT2D eigenvalue weighted by atomic mass is 10.2. The quantitative estimate of drug-likeness (QED) is 0.721. The molecule has 1 atom stereocenters. The van der Waals surface area contributed by atoms with E-state index >= 15 is 0 Å². The molecule has 1 aromatic rings. The van der Waals surface area contributed by atoms with Gasteiger partial charge in [0.1, 0.15) is 6.33 Å². The largest absolute Gasteiger partial charge is 0.383 e. The van der Waals surface area contributed by atoms with Crippen LogP contribution in [0.2, 0.25) is 5.28 Å². The number of halogens is 1. The number of rotatable bonds is 4. The number of hydrogen-bond donors (Lipinski definition) is 0. The normalized spacial score (nSPS) is 13.2. The van der Waals surface area contributed by atoms with Crippen LogP contribution in [-0.2, 0) is 4.74 Å². The molecule has 0 amide bonds. The maximum Gasteiger partial charge on any atom is 0.225 e. The fourth-order valence-electron chi connectivity index (χ4n) is 1.06. The first kappa shape index (κ1) is 9.48. The molecule has 0 N–H and O–H groups in total. The van der Waals surface area contributed by atoms with Gasteiger partial charge in [-0.3, -0.25) is 4.57 Å². The van der Waals surface area contributed by atoms with Crippen LogP contribution in [0.1, 0.15) is 19.4 Å². The highest BCUT2D eigenvalue weighted by molar-refractivity contribution is 6.28. The topological polar surface area (TPSA) is 39.9 Å². The van der Waals surface area contributed by atoms with Gasteiger partial charge in [0.15, 0.2) is 0 Å². The molecule has 12 heavy (non-hydrogen) atoms. The lowest BCUT2D eigenvalue weighted by molar-refractivity contribution is 0.153. The number of nitrogens with zero attached hydrogens (tertiary/aromatic N) is 3. The van der Waals surface area contributed by atoms with Gasteiger partial charge < -0.3 is 4.74 Å². The van der Waals surface area contributed by atoms with E-state index in [-0.39, 0.29) is 6.04 Å². The van der Waals surface area contributed by atoms with E-state index in [1.807, 2.05) is 4.57 Å². The summed E-state index contributed by atoms with van der Waals surface area (Å²) in [6.45, 7) is 2.70. The summed E-state index contributed by atoms with van der Waals surface area (Å²) in [4.78, 5) is 0. The first-order valence-corrected chi connectivity index (χ1v) is 4.21. The summed E-state index contributed by atoms with van der Waals surface area (Å²) >= 11 is 5.78. The van der Waals surface area contributed by atoms with Crippen molar-refractivity contribution in [3.05, 3.63) is 11.6 Å². The maximum absolute atomic E-state index is 5.78. The minimum absolute atomic E-state index is 0.234. The Morgan fingerprint density at radius 3 is 2.92 bits per heavy atom. The fraction of sp³-hybridized carbons (Fsp3) is 0.714. The highest BCUT2D eigenvalue weighted by Crippen LogP contribution is 2.15. The van der Waals surface area contributed by atoms with E-state index in [1.165, 1.54) is 0 Å². The molecular formula is C7H12ClN3O. The van der Waals surface area contributed by atoms with Gasteiger partial charge in [-0.25, -0.2) is 0 Å². The van der Waals surface area contributed by atoms with E-state index in [0.29, 0.717) is 11.9 Å². The first-order chi connectivity index (χ1) is 5.79. The average molecular weight is 190 g/mol. The third kappa shape index (κ3) is 1.95. The number of ether oxygens (including phenoxy) is 1. The molecular weight excluding hydrogens is 178 g/mol. The highest BCUT2D eigenvalue weighted by Gasteiger charge is 2.11. The second-order valence-electron chi connectivity index (χ2n) is 2.52. The molecule has 1 heterocycles. The lowest BCUT2D eigenvalue weighted by Crippen LogP contribution is -2.13. The third-order valence-electron chi connectivity index (χ3n) is 1.75. The van der Waals surface area contributed by atoms with E-state index in [4.69, 9.17) is 16.3 Å². The van der Waals surface area contributed by atoms with Crippen LogP contribution >= 0.6 is 11.6 Å². The summed E-state index contributed by atoms with van der Waals surface area (Å²) in [5.41, 5.74) is 0. The molecule has 0 fully saturated rings. The van der Waals surface area contributed by atoms with Crippen LogP contribution in [0.5, 0.6) is 0 Å². The summed E-state index contributed by atoms with van der Waals surface area (Å²) in [6, 6.07) is 0.234. The van der Waals surface area contributed by atoms with Crippen LogP contribution in [0.4, 0.5) is 0 Å². The molecule has 0 saturated heterocycles. The van der Waals surface area contributed by atoms with E-state index in [2.05, 4.69) is 17.1 Å². The SMILES string of the molecule is CCC(COC)n1cnnc1Cl. The maximum atomic E-state index is 5.78. The summed E-state index contributed by atoms with van der Waals surface area (Å²) < 4.78 is 6.85. The van der Waals surface area contributed by atoms with Crippen molar-refractivity contribution in [2.75, 3.05) is 13.7 Å². The van der Waals surface area contributed by atoms with Crippen LogP contribution in [0.15, 0.2) is 6.33 Å². The molecule has 0 spiro atoms. The smallest absolute Gasteiger partial charge is 0.225 e. The molecule has 1 unspecified atom stereocenters. The molecule has 4 nitrogen and oxygen atoms in total. The van der Waals surface area contributed by atoms with E-state index < -0.39 is 0 Å². The zero-order valence-electron chi connectivity index (χ0n) is 7.20. The second kappa shape index (κ2) is 4.42. The van der Waals surface area contributed by atoms with Crippen LogP contribution in [0.25, 0.3) is 0 Å². The van der Waals surface area contributed by atoms with Crippen molar-refractivity contribution in [1.29, 1.82) is 0 Å². The zero-order valence-corrected chi connectivity index (χ0v) is 7.95. The molecule has 0 radical (unpaired) electrons. The Balaban J connectivity index is 2.72. The van der Waals surface area contributed by atoms with Gasteiger partial charge in [0.25, 0.3) is 0 Å². The Labute approximate surface area is 76.5 Å². The van der Waals surface area contributed by atoms with Crippen molar-refractivity contribution in [2.24, 2.45) is 0 Å². The van der Waals surface area contributed by atoms with Gasteiger partial charge in [-0.15, -0.1) is 10.2 Å². The van der Waals surface area contributed by atoms with E-state index in [0.717, 1.165) is 6.42 Å². The molecule has 0 aromatic carbocycles. The van der Waals surface area contributed by atoms with Crippen molar-refractivity contribution < 1.29 is 4.74 Å². The van der Waals surface area contributed by atoms with Gasteiger partial charge in [0, 0.05) is 7.11 Å². The fourth-order valence-corrected chi connectivity index (χ4v) is 1.29. The van der Waals surface area contributed by atoms with Gasteiger partial charge in [-0.05, 0) is 18.0 Å². The summed E-state index contributed by atoms with van der Waals surface area (Å²) in [7, 11) is 1.67. The molecule has 0 aliphatic heterocycles. The third-order valence-corrected chi connectivity index (χ3v) is 2.02. The Morgan fingerprint density at radius 1 is 1.75 bits per heavy atom. The summed E-state index contributed by atoms with van der Waals surface area (Å²) in [6.07, 6.45) is 2.57. The van der Waals surface area contributed by atoms with E-state index in [1.54, 1.807) is 13.4 Å². The number of methoxy groups -OCH3 is 1. The van der Waals surface area contributed by atoms with E-state index in [9.17, 15) is 0 Å². The van der Waals surface area contributed by atoms with Crippen molar-refractivity contribution in [1.82, 2.24) is 14.8 Å². The number of aromatic nitrogens is 3. The van der Waals surface area contributed by atoms with Crippen molar-refractivity contribution >= 4 is 11.6 Å². The average Bonchev–Trinajstić information content (AvgIpc) is 2.47. The zero-order chi connectivity index (χ0) is 8.97. The summed E-state index contributed by atoms with van der Waals surface area (Å²) in [5, 5.41) is 7.80. The Kier molecular flexibility index (Phi) is 3.49. The van der Waals surface area contributed by atoms with Gasteiger partial charge in [-0.2, -0.15) is 0 Å². The van der Waals surface area contributed by atoms with Crippen LogP contribution in [-0.4, -0.2) is 28.5 Å². The Hall–Kier alpha value is -0.610. The minimum atomic E-state index is 0.234. The monoisotopic (exact) mass is 189 g/mol. The van der Waals surface area contributed by atoms with Crippen molar-refractivity contribution in [3.63, 3.8) is 0 Å². The second-order valence-corrected chi connectivity index (χ2v) is 2.86. The molecule has 68 valence electrons. The molecule has 5 heteroatoms. The predicted molar refractivity (Wildman–Crippen MR) is 46.2 cm³/mol. The van der Waals surface area contributed by atoms with Crippen molar-refractivity contribution in [3.8, 4) is 0 Å². The van der Waals surface area contributed by atoms with Crippen LogP contribution in [0.3, 0.4) is 0 Å². The highest BCUT2D eigenvalue weighted by atomic mass is 35.5. The Bertz CT molecular complexity index is 238. The van der Waals surface area contributed by atoms with Gasteiger partial charge in [0.05, 0.1) is 12.6 Å². The molecule has 0 aliphatic carbocycles. The molecule has 1 rings (SSSR count). The predicted octanol–water partition coefficient (Wildman–Crippen LogP) is 1.53. The van der Waals surface area contributed by atoms with Crippen molar-refractivity contribution in [2.45, 2.75) is 19.4 Å². The van der Waals surface area contributed by atoms with Gasteiger partial charge in [-0.1, -0.05) is 6.92 Å². The summed E-state index contributed by atoms with van der Waals surface area (Å²) in [5.74, 6) is 0. The Morgan fingerprint density at radius 2 is 2.50 bits per heavy atom. The molecule has 0 bridgehead atoms. The minimum Gasteiger partial charge on any atom is -0.383 e. The van der Waals surface area contributed by atoms with Crippen LogP contribution in [0, 0.1) is 0 Å². The first-order valence-electron chi connectivity index (χ1n) is 3.83. The number of hydrogen-bond acceptors (Lipinski definition) is 3.